The quantitative estimate of drug-likeness (QED) is 0.659. The van der Waals surface area contributed by atoms with Crippen LogP contribution in [0.3, 0.4) is 0 Å². The Hall–Kier alpha value is -3.55. The van der Waals surface area contributed by atoms with Crippen LogP contribution in [0, 0.1) is 0 Å². The van der Waals surface area contributed by atoms with Crippen LogP contribution in [0.1, 0.15) is 32.6 Å². The molecule has 8 nitrogen and oxygen atoms in total. The highest BCUT2D eigenvalue weighted by Crippen LogP contribution is 2.38. The number of hydrazine groups is 1. The van der Waals surface area contributed by atoms with Crippen molar-refractivity contribution in [3.8, 4) is 5.69 Å². The van der Waals surface area contributed by atoms with Crippen LogP contribution in [0.2, 0.25) is 0 Å². The summed E-state index contributed by atoms with van der Waals surface area (Å²) in [6, 6.07) is 12.4. The number of hydrogen-bond acceptors (Lipinski definition) is 5. The van der Waals surface area contributed by atoms with E-state index in [4.69, 9.17) is 4.98 Å². The van der Waals surface area contributed by atoms with Crippen molar-refractivity contribution in [2.45, 2.75) is 38.6 Å². The van der Waals surface area contributed by atoms with Gasteiger partial charge >= 0.3 is 6.03 Å². The molecule has 3 aromatic rings. The molecule has 0 radical (unpaired) electrons. The summed E-state index contributed by atoms with van der Waals surface area (Å²) in [5.41, 5.74) is 2.71. The number of nitrogens with one attached hydrogen (secondary N) is 1. The molecule has 160 valence electrons. The van der Waals surface area contributed by atoms with Gasteiger partial charge in [0.05, 0.1) is 12.2 Å². The van der Waals surface area contributed by atoms with Gasteiger partial charge in [0.2, 0.25) is 5.95 Å². The smallest absolute Gasteiger partial charge is 0.324 e. The topological polar surface area (TPSA) is 69.5 Å². The summed E-state index contributed by atoms with van der Waals surface area (Å²) >= 11 is 0. The number of fused-ring (bicyclic) bond motifs is 1. The second kappa shape index (κ2) is 7.94. The highest BCUT2D eigenvalue weighted by Gasteiger charge is 2.39. The van der Waals surface area contributed by atoms with Crippen molar-refractivity contribution in [3.05, 3.63) is 55.0 Å². The molecule has 1 aliphatic heterocycles. The van der Waals surface area contributed by atoms with E-state index in [1.54, 1.807) is 18.1 Å². The third kappa shape index (κ3) is 3.48. The molecule has 2 aliphatic rings. The lowest BCUT2D eigenvalue weighted by molar-refractivity contribution is 0.191. The van der Waals surface area contributed by atoms with Crippen LogP contribution in [0.4, 0.5) is 27.9 Å². The minimum atomic E-state index is -0.0365. The molecule has 31 heavy (non-hydrogen) atoms. The summed E-state index contributed by atoms with van der Waals surface area (Å²) < 4.78 is 2.06. The fourth-order valence-corrected chi connectivity index (χ4v) is 4.50. The predicted molar refractivity (Wildman–Crippen MR) is 122 cm³/mol. The van der Waals surface area contributed by atoms with Crippen LogP contribution in [0.25, 0.3) is 5.69 Å². The first-order valence-corrected chi connectivity index (χ1v) is 10.9. The van der Waals surface area contributed by atoms with Crippen LogP contribution < -0.4 is 15.2 Å². The van der Waals surface area contributed by atoms with E-state index in [1.165, 1.54) is 12.8 Å². The Morgan fingerprint density at radius 3 is 2.65 bits per heavy atom. The summed E-state index contributed by atoms with van der Waals surface area (Å²) in [4.78, 5) is 24.0. The molecule has 1 aromatic carbocycles. The maximum atomic E-state index is 12.9. The van der Waals surface area contributed by atoms with Gasteiger partial charge in [-0.15, -0.1) is 0 Å². The van der Waals surface area contributed by atoms with E-state index in [9.17, 15) is 4.79 Å². The molecule has 2 amide bonds. The number of urea groups is 1. The molecule has 1 saturated carbocycles. The Balaban J connectivity index is 1.50. The van der Waals surface area contributed by atoms with Gasteiger partial charge in [0, 0.05) is 37.4 Å². The van der Waals surface area contributed by atoms with Gasteiger partial charge in [-0.2, -0.15) is 4.98 Å². The fourth-order valence-electron chi connectivity index (χ4n) is 4.50. The third-order valence-electron chi connectivity index (χ3n) is 6.07. The van der Waals surface area contributed by atoms with Gasteiger partial charge in [-0.1, -0.05) is 18.9 Å². The Bertz CT molecular complexity index is 1080. The van der Waals surface area contributed by atoms with Gasteiger partial charge in [0.25, 0.3) is 0 Å². The predicted octanol–water partition coefficient (Wildman–Crippen LogP) is 4.57. The van der Waals surface area contributed by atoms with Crippen LogP contribution in [0.5, 0.6) is 0 Å². The molecule has 1 N–H and O–H groups in total. The molecule has 1 aliphatic carbocycles. The Labute approximate surface area is 182 Å². The van der Waals surface area contributed by atoms with Crippen molar-refractivity contribution in [3.63, 3.8) is 0 Å². The normalized spacial score (nSPS) is 16.7. The zero-order valence-corrected chi connectivity index (χ0v) is 17.9. The molecular formula is C23H27N7O. The number of hydrogen-bond donors (Lipinski definition) is 1. The van der Waals surface area contributed by atoms with E-state index in [-0.39, 0.29) is 12.1 Å². The number of carbonyl (C=O) groups excluding carboxylic acids is 1. The largest absolute Gasteiger partial charge is 0.343 e. The molecule has 1 fully saturated rings. The minimum absolute atomic E-state index is 0.0365. The van der Waals surface area contributed by atoms with E-state index in [0.717, 1.165) is 35.7 Å². The molecular weight excluding hydrogens is 390 g/mol. The zero-order valence-electron chi connectivity index (χ0n) is 17.9. The maximum absolute atomic E-state index is 12.9. The summed E-state index contributed by atoms with van der Waals surface area (Å²) in [6.07, 6.45) is 10.3. The van der Waals surface area contributed by atoms with Crippen molar-refractivity contribution < 1.29 is 4.79 Å². The first-order chi connectivity index (χ1) is 15.2. The van der Waals surface area contributed by atoms with Gasteiger partial charge in [-0.3, -0.25) is 9.91 Å². The van der Waals surface area contributed by atoms with E-state index in [1.807, 2.05) is 48.6 Å². The number of benzene rings is 1. The lowest BCUT2D eigenvalue weighted by Crippen LogP contribution is -2.59. The standard InChI is InChI=1S/C23H27N7O/c1-3-29-23(31)27(2)20-16-24-22(26-21(20)30(29)18-10-4-5-11-18)25-17-9-8-12-19(15-17)28-13-6-7-14-28/h6-9,12-16,18H,3-5,10-11H2,1-2H3,(H,24,25,26). The fraction of sp³-hybridized carbons (Fsp3) is 0.348. The van der Waals surface area contributed by atoms with Gasteiger partial charge in [0.1, 0.15) is 5.69 Å². The number of carbonyl (C=O) groups is 1. The minimum Gasteiger partial charge on any atom is -0.324 e. The molecule has 0 unspecified atom stereocenters. The van der Waals surface area contributed by atoms with Gasteiger partial charge in [-0.05, 0) is 50.1 Å². The molecule has 3 heterocycles. The summed E-state index contributed by atoms with van der Waals surface area (Å²) in [6.45, 7) is 2.61. The van der Waals surface area contributed by atoms with Crippen molar-refractivity contribution in [1.29, 1.82) is 0 Å². The lowest BCUT2D eigenvalue weighted by Gasteiger charge is -2.45. The van der Waals surface area contributed by atoms with Crippen molar-refractivity contribution in [1.82, 2.24) is 19.5 Å². The number of aromatic nitrogens is 3. The van der Waals surface area contributed by atoms with E-state index in [2.05, 4.69) is 32.0 Å². The molecule has 0 spiro atoms. The Kier molecular flexibility index (Phi) is 4.97. The number of nitrogens with zero attached hydrogens (tertiary/aromatic N) is 6. The van der Waals surface area contributed by atoms with Crippen molar-refractivity contribution >= 4 is 29.2 Å². The van der Waals surface area contributed by atoms with E-state index < -0.39 is 0 Å². The van der Waals surface area contributed by atoms with Crippen LogP contribution in [-0.4, -0.2) is 45.2 Å². The Morgan fingerprint density at radius 2 is 1.90 bits per heavy atom. The maximum Gasteiger partial charge on any atom is 0.343 e. The molecule has 0 atom stereocenters. The SMILES string of the molecule is CCN1C(=O)N(C)c2cnc(Nc3cccc(-n4cccc4)c3)nc2N1C1CCCC1. The van der Waals surface area contributed by atoms with Crippen molar-refractivity contribution in [2.75, 3.05) is 28.8 Å². The highest BCUT2D eigenvalue weighted by atomic mass is 16.2. The first-order valence-electron chi connectivity index (χ1n) is 10.9. The molecule has 2 aromatic heterocycles. The summed E-state index contributed by atoms with van der Waals surface area (Å²) in [5, 5.41) is 7.25. The molecule has 8 heteroatoms. The lowest BCUT2D eigenvalue weighted by atomic mass is 10.2. The van der Waals surface area contributed by atoms with Crippen LogP contribution >= 0.6 is 0 Å². The Morgan fingerprint density at radius 1 is 1.13 bits per heavy atom. The van der Waals surface area contributed by atoms with Crippen LogP contribution in [-0.2, 0) is 0 Å². The summed E-state index contributed by atoms with van der Waals surface area (Å²) in [7, 11) is 1.78. The first kappa shape index (κ1) is 19.4. The van der Waals surface area contributed by atoms with E-state index >= 15 is 0 Å². The monoisotopic (exact) mass is 417 g/mol. The highest BCUT2D eigenvalue weighted by molar-refractivity contribution is 5.98. The average molecular weight is 418 g/mol. The number of amides is 2. The second-order valence-corrected chi connectivity index (χ2v) is 8.01. The third-order valence-corrected chi connectivity index (χ3v) is 6.07. The van der Waals surface area contributed by atoms with E-state index in [0.29, 0.717) is 12.5 Å². The summed E-state index contributed by atoms with van der Waals surface area (Å²) in [5.74, 6) is 1.31. The second-order valence-electron chi connectivity index (χ2n) is 8.01. The number of rotatable bonds is 5. The van der Waals surface area contributed by atoms with Gasteiger partial charge in [0.15, 0.2) is 5.82 Å². The zero-order chi connectivity index (χ0) is 21.4. The average Bonchev–Trinajstić information content (AvgIpc) is 3.51. The molecule has 5 rings (SSSR count). The molecule has 0 bridgehead atoms. The molecule has 0 saturated heterocycles. The number of anilines is 4. The van der Waals surface area contributed by atoms with Gasteiger partial charge in [-0.25, -0.2) is 14.8 Å². The van der Waals surface area contributed by atoms with Gasteiger partial charge < -0.3 is 9.88 Å². The van der Waals surface area contributed by atoms with Crippen molar-refractivity contribution in [2.24, 2.45) is 0 Å². The van der Waals surface area contributed by atoms with Crippen LogP contribution in [0.15, 0.2) is 55.0 Å².